The maximum absolute atomic E-state index is 13.0. The number of hydrogen-bond donors (Lipinski definition) is 1. The molecule has 5 rings (SSSR count). The molecule has 3 heterocycles. The van der Waals surface area contributed by atoms with Crippen molar-refractivity contribution in [3.8, 4) is 0 Å². The van der Waals surface area contributed by atoms with Crippen molar-refractivity contribution < 1.29 is 23.8 Å². The van der Waals surface area contributed by atoms with Crippen LogP contribution in [0.25, 0.3) is 11.2 Å². The average Bonchev–Trinajstić information content (AvgIpc) is 3.41. The number of halogens is 1. The number of hydrogen-bond acceptors (Lipinski definition) is 9. The van der Waals surface area contributed by atoms with Crippen LogP contribution in [0.5, 0.6) is 0 Å². The van der Waals surface area contributed by atoms with Crippen molar-refractivity contribution in [1.82, 2.24) is 19.5 Å². The second-order valence-corrected chi connectivity index (χ2v) is 9.56. The van der Waals surface area contributed by atoms with Gasteiger partial charge < -0.3 is 19.9 Å². The predicted molar refractivity (Wildman–Crippen MR) is 138 cm³/mol. The van der Waals surface area contributed by atoms with Gasteiger partial charge in [-0.15, -0.1) is 0 Å². The van der Waals surface area contributed by atoms with Gasteiger partial charge in [0.2, 0.25) is 5.95 Å². The summed E-state index contributed by atoms with van der Waals surface area (Å²) < 4.78 is 19.6. The molecule has 188 valence electrons. The predicted octanol–water partition coefficient (Wildman–Crippen LogP) is 2.85. The molecule has 0 bridgehead atoms. The first-order chi connectivity index (χ1) is 17.8. The van der Waals surface area contributed by atoms with Gasteiger partial charge in [0.05, 0.1) is 17.5 Å². The maximum Gasteiger partial charge on any atom is 0.338 e. The summed E-state index contributed by atoms with van der Waals surface area (Å²) in [5.74, 6) is -1.05. The summed E-state index contributed by atoms with van der Waals surface area (Å²) in [5.41, 5.74) is 7.34. The second-order valence-electron chi connectivity index (χ2n) is 9.20. The minimum absolute atomic E-state index is 0.0181. The summed E-state index contributed by atoms with van der Waals surface area (Å²) in [6.45, 7) is 1.74. The number of fused-ring (bicyclic) bond motifs is 1. The molecule has 1 aliphatic rings. The third-order valence-corrected chi connectivity index (χ3v) is 6.56. The lowest BCUT2D eigenvalue weighted by atomic mass is 9.65. The number of anilines is 1. The summed E-state index contributed by atoms with van der Waals surface area (Å²) in [6, 6.07) is 17.2. The minimum atomic E-state index is -0.811. The first-order valence-electron chi connectivity index (χ1n) is 11.5. The summed E-state index contributed by atoms with van der Waals surface area (Å²) >= 11 is 6.22. The highest BCUT2D eigenvalue weighted by molar-refractivity contribution is 6.33. The van der Waals surface area contributed by atoms with Crippen molar-refractivity contribution in [2.75, 3.05) is 12.3 Å². The van der Waals surface area contributed by atoms with E-state index < -0.39 is 35.7 Å². The van der Waals surface area contributed by atoms with E-state index in [1.54, 1.807) is 59.2 Å². The molecule has 0 spiro atoms. The van der Waals surface area contributed by atoms with E-state index in [-0.39, 0.29) is 17.7 Å². The number of ether oxygens (including phenoxy) is 3. The van der Waals surface area contributed by atoms with Gasteiger partial charge in [0, 0.05) is 5.31 Å². The summed E-state index contributed by atoms with van der Waals surface area (Å²) in [7, 11) is 1.89. The zero-order chi connectivity index (χ0) is 26.2. The molecule has 2 aromatic carbocycles. The van der Waals surface area contributed by atoms with Gasteiger partial charge >= 0.3 is 11.9 Å². The van der Waals surface area contributed by atoms with Gasteiger partial charge in [0.15, 0.2) is 10.8 Å². The quantitative estimate of drug-likeness (QED) is 0.232. The van der Waals surface area contributed by atoms with Crippen LogP contribution in [0.3, 0.4) is 0 Å². The van der Waals surface area contributed by atoms with Crippen LogP contribution in [0.15, 0.2) is 67.0 Å². The third kappa shape index (κ3) is 4.75. The van der Waals surface area contributed by atoms with Crippen molar-refractivity contribution in [3.63, 3.8) is 0 Å². The number of imidazole rings is 1. The van der Waals surface area contributed by atoms with E-state index in [1.165, 1.54) is 6.33 Å². The molecule has 1 aliphatic heterocycles. The molecular weight excluding hydrogens is 497 g/mol. The Kier molecular flexibility index (Phi) is 6.57. The fourth-order valence-electron chi connectivity index (χ4n) is 4.45. The van der Waals surface area contributed by atoms with Gasteiger partial charge in [-0.25, -0.2) is 14.6 Å². The van der Waals surface area contributed by atoms with Crippen molar-refractivity contribution in [3.05, 3.63) is 83.3 Å². The van der Waals surface area contributed by atoms with Crippen LogP contribution in [0, 0.1) is 0 Å². The molecule has 4 aromatic rings. The molecule has 2 aromatic heterocycles. The topological polar surface area (TPSA) is 131 Å². The molecule has 12 heteroatoms. The van der Waals surface area contributed by atoms with Gasteiger partial charge in [0.1, 0.15) is 38.4 Å². The number of aromatic nitrogens is 4. The molecule has 1 fully saturated rings. The molecule has 0 amide bonds. The number of rotatable bonds is 6. The molecule has 0 aliphatic carbocycles. The maximum atomic E-state index is 13.0. The summed E-state index contributed by atoms with van der Waals surface area (Å²) in [4.78, 5) is 38.2. The monoisotopic (exact) mass is 519 g/mol. The molecule has 0 saturated carbocycles. The van der Waals surface area contributed by atoms with Gasteiger partial charge in [-0.3, -0.25) is 4.57 Å². The van der Waals surface area contributed by atoms with Crippen LogP contribution < -0.4 is 5.73 Å². The fourth-order valence-corrected chi connectivity index (χ4v) is 4.67. The van der Waals surface area contributed by atoms with Crippen LogP contribution in [0.1, 0.15) is 33.9 Å². The van der Waals surface area contributed by atoms with Gasteiger partial charge in [-0.05, 0) is 24.3 Å². The van der Waals surface area contributed by atoms with Crippen molar-refractivity contribution >= 4 is 48.5 Å². The highest BCUT2D eigenvalue weighted by Crippen LogP contribution is 2.51. The normalized spacial score (nSPS) is 23.1. The molecule has 0 unspecified atom stereocenters. The summed E-state index contributed by atoms with van der Waals surface area (Å²) in [5, 5.41) is -0.703. The number of esters is 2. The SMILES string of the molecule is B[C@]1(C)[C@H](OC(=O)c2ccccc2)[C@@H](COC(=O)c2ccccc2)O[C@H]1n1cnc2c(Cl)nc(N)nc21. The number of nitrogens with two attached hydrogens (primary N) is 1. The lowest BCUT2D eigenvalue weighted by Crippen LogP contribution is -2.38. The van der Waals surface area contributed by atoms with Crippen molar-refractivity contribution in [1.29, 1.82) is 0 Å². The van der Waals surface area contributed by atoms with E-state index in [2.05, 4.69) is 15.0 Å². The molecule has 37 heavy (non-hydrogen) atoms. The van der Waals surface area contributed by atoms with E-state index in [0.29, 0.717) is 22.3 Å². The van der Waals surface area contributed by atoms with Crippen LogP contribution in [0.2, 0.25) is 10.5 Å². The highest BCUT2D eigenvalue weighted by atomic mass is 35.5. The molecule has 2 N–H and O–H groups in total. The Morgan fingerprint density at radius 3 is 2.35 bits per heavy atom. The van der Waals surface area contributed by atoms with Crippen LogP contribution in [-0.2, 0) is 14.2 Å². The Bertz CT molecular complexity index is 1450. The van der Waals surface area contributed by atoms with E-state index in [1.807, 2.05) is 20.8 Å². The Hall–Kier alpha value is -3.96. The highest BCUT2D eigenvalue weighted by Gasteiger charge is 2.54. The smallest absolute Gasteiger partial charge is 0.338 e. The number of benzene rings is 2. The first-order valence-corrected chi connectivity index (χ1v) is 11.9. The van der Waals surface area contributed by atoms with Crippen LogP contribution in [0.4, 0.5) is 5.95 Å². The molecule has 0 radical (unpaired) electrons. The zero-order valence-corrected chi connectivity index (χ0v) is 20.8. The average molecular weight is 520 g/mol. The molecule has 1 saturated heterocycles. The van der Waals surface area contributed by atoms with Gasteiger partial charge in [0.25, 0.3) is 0 Å². The van der Waals surface area contributed by atoms with Crippen molar-refractivity contribution in [2.24, 2.45) is 0 Å². The van der Waals surface area contributed by atoms with E-state index in [4.69, 9.17) is 31.5 Å². The minimum Gasteiger partial charge on any atom is -0.459 e. The lowest BCUT2D eigenvalue weighted by molar-refractivity contribution is -0.0565. The Labute approximate surface area is 218 Å². The molecular formula is C25H23BClN5O5. The molecule has 4 atom stereocenters. The van der Waals surface area contributed by atoms with E-state index in [9.17, 15) is 9.59 Å². The lowest BCUT2D eigenvalue weighted by Gasteiger charge is -2.31. The number of carbonyl (C=O) groups is 2. The standard InChI is InChI=1S/C25H23BClN5O5/c1-25(26)18(37-22(34)15-10-6-3-7-11-15)16(12-35-21(33)14-8-4-2-5-9-14)36-23(25)32-13-29-17-19(27)30-24(28)31-20(17)32/h2-11,13,16,18,23H,12,26H2,1H3,(H2,28,30,31)/t16-,18-,23-,25-/m1/s1. The zero-order valence-electron chi connectivity index (χ0n) is 20.1. The second kappa shape index (κ2) is 9.83. The first kappa shape index (κ1) is 24.7. The number of nitrogens with zero attached hydrogens (tertiary/aromatic N) is 4. The Morgan fingerprint density at radius 1 is 1.08 bits per heavy atom. The van der Waals surface area contributed by atoms with Crippen LogP contribution in [-0.4, -0.2) is 58.1 Å². The van der Waals surface area contributed by atoms with Crippen molar-refractivity contribution in [2.45, 2.75) is 30.7 Å². The third-order valence-electron chi connectivity index (χ3n) is 6.29. The summed E-state index contributed by atoms with van der Waals surface area (Å²) in [6.07, 6.45) is -0.768. The Morgan fingerprint density at radius 2 is 1.70 bits per heavy atom. The number of nitrogen functional groups attached to an aromatic ring is 1. The fraction of sp³-hybridized carbons (Fsp3) is 0.240. The van der Waals surface area contributed by atoms with Crippen LogP contribution >= 0.6 is 11.6 Å². The van der Waals surface area contributed by atoms with E-state index >= 15 is 0 Å². The van der Waals surface area contributed by atoms with Gasteiger partial charge in [-0.2, -0.15) is 9.97 Å². The van der Waals surface area contributed by atoms with Gasteiger partial charge in [-0.1, -0.05) is 54.9 Å². The number of carbonyl (C=O) groups excluding carboxylic acids is 2. The Balaban J connectivity index is 1.47. The largest absolute Gasteiger partial charge is 0.459 e. The molecule has 10 nitrogen and oxygen atoms in total. The van der Waals surface area contributed by atoms with E-state index in [0.717, 1.165) is 0 Å².